The SMILES string of the molecule is C[C@H](NC1CCN(C(=N)N)CC1)C(=O)O. The van der Waals surface area contributed by atoms with Crippen molar-refractivity contribution in [3.8, 4) is 0 Å². The van der Waals surface area contributed by atoms with Crippen molar-refractivity contribution in [3.63, 3.8) is 0 Å². The van der Waals surface area contributed by atoms with Crippen molar-refractivity contribution < 1.29 is 9.90 Å². The number of nitrogens with zero attached hydrogens (tertiary/aromatic N) is 1. The summed E-state index contributed by atoms with van der Waals surface area (Å²) in [6, 6.07) is -0.300. The van der Waals surface area contributed by atoms with Gasteiger partial charge in [0, 0.05) is 19.1 Å². The minimum atomic E-state index is -0.830. The molecule has 1 atom stereocenters. The minimum absolute atomic E-state index is 0.0970. The van der Waals surface area contributed by atoms with E-state index in [2.05, 4.69) is 5.32 Å². The fourth-order valence-corrected chi connectivity index (χ4v) is 1.71. The van der Waals surface area contributed by atoms with E-state index < -0.39 is 12.0 Å². The molecule has 6 nitrogen and oxygen atoms in total. The molecule has 1 rings (SSSR count). The van der Waals surface area contributed by atoms with Gasteiger partial charge in [-0.2, -0.15) is 0 Å². The summed E-state index contributed by atoms with van der Waals surface area (Å²) < 4.78 is 0. The number of hydrogen-bond donors (Lipinski definition) is 4. The number of carboxylic acid groups (broad SMARTS) is 1. The topological polar surface area (TPSA) is 102 Å². The highest BCUT2D eigenvalue weighted by Crippen LogP contribution is 2.10. The number of piperidine rings is 1. The van der Waals surface area contributed by atoms with Gasteiger partial charge >= 0.3 is 5.97 Å². The van der Waals surface area contributed by atoms with Crippen LogP contribution in [0, 0.1) is 5.41 Å². The van der Waals surface area contributed by atoms with E-state index in [1.54, 1.807) is 11.8 Å². The molecule has 15 heavy (non-hydrogen) atoms. The van der Waals surface area contributed by atoms with Crippen molar-refractivity contribution in [1.29, 1.82) is 5.41 Å². The maximum atomic E-state index is 10.6. The molecule has 1 heterocycles. The molecule has 0 aliphatic carbocycles. The third-order valence-corrected chi connectivity index (χ3v) is 2.69. The summed E-state index contributed by atoms with van der Waals surface area (Å²) in [7, 11) is 0. The molecule has 0 aromatic heterocycles. The quantitative estimate of drug-likeness (QED) is 0.371. The number of carbonyl (C=O) groups is 1. The van der Waals surface area contributed by atoms with Crippen LogP contribution in [-0.4, -0.2) is 47.1 Å². The molecular formula is C9H18N4O2. The second-order valence-corrected chi connectivity index (χ2v) is 3.87. The van der Waals surface area contributed by atoms with E-state index in [-0.39, 0.29) is 12.0 Å². The van der Waals surface area contributed by atoms with Gasteiger partial charge in [0.1, 0.15) is 6.04 Å². The van der Waals surface area contributed by atoms with Crippen LogP contribution < -0.4 is 11.1 Å². The number of guanidine groups is 1. The molecule has 0 amide bonds. The highest BCUT2D eigenvalue weighted by atomic mass is 16.4. The molecule has 0 saturated carbocycles. The van der Waals surface area contributed by atoms with Crippen molar-refractivity contribution in [2.45, 2.75) is 31.8 Å². The predicted molar refractivity (Wildman–Crippen MR) is 56.7 cm³/mol. The van der Waals surface area contributed by atoms with Crippen molar-refractivity contribution in [1.82, 2.24) is 10.2 Å². The highest BCUT2D eigenvalue weighted by Gasteiger charge is 2.22. The zero-order chi connectivity index (χ0) is 11.4. The molecule has 6 heteroatoms. The lowest BCUT2D eigenvalue weighted by atomic mass is 10.0. The first-order valence-corrected chi connectivity index (χ1v) is 5.08. The highest BCUT2D eigenvalue weighted by molar-refractivity contribution is 5.74. The Labute approximate surface area is 88.9 Å². The lowest BCUT2D eigenvalue weighted by Gasteiger charge is -2.33. The molecule has 0 spiro atoms. The van der Waals surface area contributed by atoms with E-state index in [9.17, 15) is 4.79 Å². The predicted octanol–water partition coefficient (Wildman–Crippen LogP) is -0.593. The van der Waals surface area contributed by atoms with Gasteiger partial charge in [-0.1, -0.05) is 0 Å². The molecule has 1 fully saturated rings. The van der Waals surface area contributed by atoms with Gasteiger partial charge in [-0.25, -0.2) is 0 Å². The normalized spacial score (nSPS) is 19.9. The third kappa shape index (κ3) is 3.39. The molecule has 0 radical (unpaired) electrons. The smallest absolute Gasteiger partial charge is 0.320 e. The Bertz CT molecular complexity index is 248. The summed E-state index contributed by atoms with van der Waals surface area (Å²) in [5.74, 6) is -0.733. The zero-order valence-corrected chi connectivity index (χ0v) is 8.86. The maximum absolute atomic E-state index is 10.6. The Kier molecular flexibility index (Phi) is 3.90. The molecule has 1 aliphatic rings. The molecule has 1 saturated heterocycles. The number of aliphatic carboxylic acids is 1. The van der Waals surface area contributed by atoms with Crippen LogP contribution in [0.3, 0.4) is 0 Å². The third-order valence-electron chi connectivity index (χ3n) is 2.69. The summed E-state index contributed by atoms with van der Waals surface area (Å²) in [6.45, 7) is 3.08. The average molecular weight is 214 g/mol. The van der Waals surface area contributed by atoms with Crippen LogP contribution in [0.2, 0.25) is 0 Å². The number of likely N-dealkylation sites (tertiary alicyclic amines) is 1. The summed E-state index contributed by atoms with van der Waals surface area (Å²) in [4.78, 5) is 12.4. The zero-order valence-electron chi connectivity index (χ0n) is 8.86. The van der Waals surface area contributed by atoms with Gasteiger partial charge in [0.05, 0.1) is 0 Å². The first kappa shape index (κ1) is 11.8. The van der Waals surface area contributed by atoms with Crippen LogP contribution in [0.25, 0.3) is 0 Å². The van der Waals surface area contributed by atoms with Crippen LogP contribution in [-0.2, 0) is 4.79 Å². The number of rotatable bonds is 3. The van der Waals surface area contributed by atoms with Gasteiger partial charge in [-0.3, -0.25) is 10.2 Å². The summed E-state index contributed by atoms with van der Waals surface area (Å²) in [6.07, 6.45) is 1.66. The molecule has 0 bridgehead atoms. The Balaban J connectivity index is 2.31. The Morgan fingerprint density at radius 2 is 2.13 bits per heavy atom. The standard InChI is InChI=1S/C9H18N4O2/c1-6(8(14)15)12-7-2-4-13(5-3-7)9(10)11/h6-7,12H,2-5H2,1H3,(H3,10,11)(H,14,15)/t6-/m0/s1. The average Bonchev–Trinajstić information content (AvgIpc) is 2.18. The van der Waals surface area contributed by atoms with E-state index in [0.717, 1.165) is 25.9 Å². The lowest BCUT2D eigenvalue weighted by molar-refractivity contribution is -0.139. The van der Waals surface area contributed by atoms with Gasteiger partial charge in [0.2, 0.25) is 0 Å². The molecule has 1 aliphatic heterocycles. The first-order valence-electron chi connectivity index (χ1n) is 5.08. The molecule has 0 unspecified atom stereocenters. The maximum Gasteiger partial charge on any atom is 0.320 e. The van der Waals surface area contributed by atoms with E-state index in [4.69, 9.17) is 16.2 Å². The summed E-state index contributed by atoms with van der Waals surface area (Å²) in [5.41, 5.74) is 5.36. The van der Waals surface area contributed by atoms with Crippen LogP contribution in [0.1, 0.15) is 19.8 Å². The molecule has 0 aromatic rings. The van der Waals surface area contributed by atoms with Gasteiger partial charge in [0.15, 0.2) is 5.96 Å². The monoisotopic (exact) mass is 214 g/mol. The van der Waals surface area contributed by atoms with Crippen LogP contribution in [0.4, 0.5) is 0 Å². The second kappa shape index (κ2) is 4.97. The fourth-order valence-electron chi connectivity index (χ4n) is 1.71. The van der Waals surface area contributed by atoms with Crippen LogP contribution in [0.15, 0.2) is 0 Å². The first-order chi connectivity index (χ1) is 7.00. The lowest BCUT2D eigenvalue weighted by Crippen LogP contribution is -2.50. The summed E-state index contributed by atoms with van der Waals surface area (Å²) in [5, 5.41) is 19.0. The van der Waals surface area contributed by atoms with Crippen molar-refractivity contribution in [3.05, 3.63) is 0 Å². The van der Waals surface area contributed by atoms with E-state index in [0.29, 0.717) is 0 Å². The second-order valence-electron chi connectivity index (χ2n) is 3.87. The van der Waals surface area contributed by atoms with Crippen molar-refractivity contribution in [2.75, 3.05) is 13.1 Å². The van der Waals surface area contributed by atoms with E-state index in [1.807, 2.05) is 0 Å². The van der Waals surface area contributed by atoms with E-state index >= 15 is 0 Å². The molecule has 5 N–H and O–H groups in total. The largest absolute Gasteiger partial charge is 0.480 e. The number of hydrogen-bond acceptors (Lipinski definition) is 3. The van der Waals surface area contributed by atoms with Gasteiger partial charge < -0.3 is 21.1 Å². The van der Waals surface area contributed by atoms with Gasteiger partial charge in [-0.15, -0.1) is 0 Å². The molecule has 0 aromatic carbocycles. The fraction of sp³-hybridized carbons (Fsp3) is 0.778. The number of nitrogens with two attached hydrogens (primary N) is 1. The number of nitrogens with one attached hydrogen (secondary N) is 2. The molecule has 86 valence electrons. The Morgan fingerprint density at radius 3 is 2.53 bits per heavy atom. The van der Waals surface area contributed by atoms with Crippen LogP contribution in [0.5, 0.6) is 0 Å². The number of carboxylic acids is 1. The minimum Gasteiger partial charge on any atom is -0.480 e. The summed E-state index contributed by atoms with van der Waals surface area (Å²) >= 11 is 0. The van der Waals surface area contributed by atoms with Crippen molar-refractivity contribution in [2.24, 2.45) is 5.73 Å². The Hall–Kier alpha value is -1.30. The van der Waals surface area contributed by atoms with Crippen LogP contribution >= 0.6 is 0 Å². The van der Waals surface area contributed by atoms with Crippen molar-refractivity contribution >= 4 is 11.9 Å². The van der Waals surface area contributed by atoms with Gasteiger partial charge in [0.25, 0.3) is 0 Å². The molecular weight excluding hydrogens is 196 g/mol. The van der Waals surface area contributed by atoms with E-state index in [1.165, 1.54) is 0 Å². The van der Waals surface area contributed by atoms with Gasteiger partial charge in [-0.05, 0) is 19.8 Å². The Morgan fingerprint density at radius 1 is 1.60 bits per heavy atom.